The number of aryl methyl sites for hydroxylation is 2. The van der Waals surface area contributed by atoms with Gasteiger partial charge < -0.3 is 4.74 Å². The normalized spacial score (nSPS) is 11.3. The lowest BCUT2D eigenvalue weighted by Crippen LogP contribution is -2.15. The van der Waals surface area contributed by atoms with Crippen molar-refractivity contribution in [3.05, 3.63) is 45.8 Å². The van der Waals surface area contributed by atoms with Gasteiger partial charge in [-0.15, -0.1) is 11.3 Å². The molecular formula is C17H21NO4S2. The van der Waals surface area contributed by atoms with E-state index in [9.17, 15) is 13.2 Å². The molecule has 0 spiro atoms. The van der Waals surface area contributed by atoms with Crippen LogP contribution in [-0.4, -0.2) is 21.0 Å². The molecule has 1 aromatic heterocycles. The quantitative estimate of drug-likeness (QED) is 0.786. The predicted octanol–water partition coefficient (Wildman–Crippen LogP) is 3.90. The zero-order valence-electron chi connectivity index (χ0n) is 14.2. The molecule has 5 nitrogen and oxygen atoms in total. The average Bonchev–Trinajstić information content (AvgIpc) is 2.81. The second-order valence-corrected chi connectivity index (χ2v) is 8.22. The van der Waals surface area contributed by atoms with Gasteiger partial charge in [0.2, 0.25) is 0 Å². The topological polar surface area (TPSA) is 72.5 Å². The summed E-state index contributed by atoms with van der Waals surface area (Å²) in [6.07, 6.45) is 0.837. The lowest BCUT2D eigenvalue weighted by Gasteiger charge is -2.09. The van der Waals surface area contributed by atoms with Gasteiger partial charge in [0.15, 0.2) is 0 Å². The number of carbonyl (C=O) groups excluding carboxylic acids is 1. The molecule has 1 aromatic carbocycles. The van der Waals surface area contributed by atoms with E-state index >= 15 is 0 Å². The summed E-state index contributed by atoms with van der Waals surface area (Å²) in [5.74, 6) is -0.515. The molecule has 0 unspecified atom stereocenters. The van der Waals surface area contributed by atoms with Crippen molar-refractivity contribution >= 4 is 32.3 Å². The minimum atomic E-state index is -3.76. The third-order valence-corrected chi connectivity index (χ3v) is 6.35. The minimum Gasteiger partial charge on any atom is -0.462 e. The van der Waals surface area contributed by atoms with Gasteiger partial charge in [-0.25, -0.2) is 13.2 Å². The number of rotatable bonds is 6. The van der Waals surface area contributed by atoms with Gasteiger partial charge in [-0.3, -0.25) is 4.72 Å². The number of sulfonamides is 1. The van der Waals surface area contributed by atoms with E-state index in [2.05, 4.69) is 4.72 Å². The van der Waals surface area contributed by atoms with Crippen LogP contribution in [0.15, 0.2) is 29.2 Å². The molecule has 1 N–H and O–H groups in total. The highest BCUT2D eigenvalue weighted by Gasteiger charge is 2.24. The van der Waals surface area contributed by atoms with Crippen LogP contribution < -0.4 is 4.72 Å². The Morgan fingerprint density at radius 2 is 1.79 bits per heavy atom. The summed E-state index contributed by atoms with van der Waals surface area (Å²) in [6.45, 7) is 7.58. The van der Waals surface area contributed by atoms with Crippen molar-refractivity contribution in [1.82, 2.24) is 0 Å². The molecule has 0 aliphatic rings. The number of esters is 1. The largest absolute Gasteiger partial charge is 0.462 e. The van der Waals surface area contributed by atoms with Crippen molar-refractivity contribution in [2.45, 2.75) is 39.0 Å². The molecule has 0 radical (unpaired) electrons. The Morgan fingerprint density at radius 3 is 2.33 bits per heavy atom. The summed E-state index contributed by atoms with van der Waals surface area (Å²) in [5, 5.41) is 0.294. The van der Waals surface area contributed by atoms with E-state index in [1.165, 1.54) is 11.3 Å². The standard InChI is InChI=1S/C17H21NO4S2/c1-5-13-7-9-14(10-8-13)24(20,21)18-16-15(17(19)22-6-2)11(3)12(4)23-16/h7-10,18H,5-6H2,1-4H3. The second kappa shape index (κ2) is 7.36. The summed E-state index contributed by atoms with van der Waals surface area (Å²) >= 11 is 1.23. The second-order valence-electron chi connectivity index (χ2n) is 5.31. The van der Waals surface area contributed by atoms with Gasteiger partial charge in [0.25, 0.3) is 10.0 Å². The van der Waals surface area contributed by atoms with E-state index < -0.39 is 16.0 Å². The third kappa shape index (κ3) is 3.79. The molecule has 7 heteroatoms. The van der Waals surface area contributed by atoms with E-state index in [-0.39, 0.29) is 17.1 Å². The average molecular weight is 367 g/mol. The van der Waals surface area contributed by atoms with Gasteiger partial charge in [-0.1, -0.05) is 19.1 Å². The first-order chi connectivity index (χ1) is 11.3. The molecule has 2 aromatic rings. The van der Waals surface area contributed by atoms with E-state index in [1.807, 2.05) is 13.8 Å². The van der Waals surface area contributed by atoms with Crippen LogP contribution in [-0.2, 0) is 21.2 Å². The molecule has 0 saturated heterocycles. The Balaban J connectivity index is 2.39. The molecule has 130 valence electrons. The lowest BCUT2D eigenvalue weighted by molar-refractivity contribution is 0.0527. The highest BCUT2D eigenvalue weighted by Crippen LogP contribution is 2.34. The number of hydrogen-bond acceptors (Lipinski definition) is 5. The summed E-state index contributed by atoms with van der Waals surface area (Å²) in [4.78, 5) is 13.2. The SMILES string of the molecule is CCOC(=O)c1c(NS(=O)(=O)c2ccc(CC)cc2)sc(C)c1C. The maximum Gasteiger partial charge on any atom is 0.341 e. The first-order valence-corrected chi connectivity index (χ1v) is 9.99. The first kappa shape index (κ1) is 18.5. The van der Waals surface area contributed by atoms with Gasteiger partial charge in [-0.05, 0) is 50.5 Å². The van der Waals surface area contributed by atoms with Crippen molar-refractivity contribution in [3.63, 3.8) is 0 Å². The van der Waals surface area contributed by atoms with Gasteiger partial charge in [0.05, 0.1) is 17.1 Å². The number of hydrogen-bond donors (Lipinski definition) is 1. The Morgan fingerprint density at radius 1 is 1.17 bits per heavy atom. The number of nitrogens with one attached hydrogen (secondary N) is 1. The van der Waals surface area contributed by atoms with Crippen LogP contribution in [0.5, 0.6) is 0 Å². The summed E-state index contributed by atoms with van der Waals surface area (Å²) in [7, 11) is -3.76. The van der Waals surface area contributed by atoms with Crippen LogP contribution in [0.3, 0.4) is 0 Å². The van der Waals surface area contributed by atoms with E-state index in [0.717, 1.165) is 22.4 Å². The number of ether oxygens (including phenoxy) is 1. The van der Waals surface area contributed by atoms with Crippen LogP contribution in [0.2, 0.25) is 0 Å². The summed E-state index contributed by atoms with van der Waals surface area (Å²) in [5.41, 5.74) is 2.08. The fourth-order valence-corrected chi connectivity index (χ4v) is 4.59. The summed E-state index contributed by atoms with van der Waals surface area (Å²) < 4.78 is 32.8. The van der Waals surface area contributed by atoms with Crippen molar-refractivity contribution in [1.29, 1.82) is 0 Å². The third-order valence-electron chi connectivity index (χ3n) is 3.73. The Kier molecular flexibility index (Phi) is 5.66. The molecule has 24 heavy (non-hydrogen) atoms. The van der Waals surface area contributed by atoms with Crippen LogP contribution in [0, 0.1) is 13.8 Å². The number of benzene rings is 1. The Labute approximate surface area is 146 Å². The van der Waals surface area contributed by atoms with Crippen molar-refractivity contribution in [2.75, 3.05) is 11.3 Å². The van der Waals surface area contributed by atoms with Crippen LogP contribution in [0.25, 0.3) is 0 Å². The molecule has 0 aliphatic carbocycles. The smallest absolute Gasteiger partial charge is 0.341 e. The molecule has 0 amide bonds. The van der Waals surface area contributed by atoms with Crippen LogP contribution in [0.1, 0.15) is 40.2 Å². The van der Waals surface area contributed by atoms with Gasteiger partial charge in [-0.2, -0.15) is 0 Å². The number of anilines is 1. The predicted molar refractivity (Wildman–Crippen MR) is 96.4 cm³/mol. The van der Waals surface area contributed by atoms with Crippen LogP contribution >= 0.6 is 11.3 Å². The van der Waals surface area contributed by atoms with Crippen molar-refractivity contribution < 1.29 is 17.9 Å². The van der Waals surface area contributed by atoms with Crippen LogP contribution in [0.4, 0.5) is 5.00 Å². The zero-order chi connectivity index (χ0) is 17.9. The number of thiophene rings is 1. The monoisotopic (exact) mass is 367 g/mol. The fourth-order valence-electron chi connectivity index (χ4n) is 2.23. The highest BCUT2D eigenvalue weighted by atomic mass is 32.2. The van der Waals surface area contributed by atoms with Gasteiger partial charge >= 0.3 is 5.97 Å². The van der Waals surface area contributed by atoms with Crippen molar-refractivity contribution in [2.24, 2.45) is 0 Å². The molecule has 0 bridgehead atoms. The lowest BCUT2D eigenvalue weighted by atomic mass is 10.2. The van der Waals surface area contributed by atoms with Crippen molar-refractivity contribution in [3.8, 4) is 0 Å². The Hall–Kier alpha value is -1.86. The molecule has 0 aliphatic heterocycles. The van der Waals surface area contributed by atoms with E-state index in [0.29, 0.717) is 5.00 Å². The minimum absolute atomic E-state index is 0.165. The van der Waals surface area contributed by atoms with E-state index in [4.69, 9.17) is 4.74 Å². The molecule has 0 atom stereocenters. The zero-order valence-corrected chi connectivity index (χ0v) is 15.8. The number of carbonyl (C=O) groups is 1. The van der Waals surface area contributed by atoms with Gasteiger partial charge in [0.1, 0.15) is 5.00 Å². The van der Waals surface area contributed by atoms with Gasteiger partial charge in [0, 0.05) is 4.88 Å². The van der Waals surface area contributed by atoms with E-state index in [1.54, 1.807) is 38.1 Å². The molecule has 2 rings (SSSR count). The molecule has 1 heterocycles. The summed E-state index contributed by atoms with van der Waals surface area (Å²) in [6, 6.07) is 6.70. The highest BCUT2D eigenvalue weighted by molar-refractivity contribution is 7.93. The fraction of sp³-hybridized carbons (Fsp3) is 0.353. The Bertz CT molecular complexity index is 836. The maximum absolute atomic E-state index is 12.6. The maximum atomic E-state index is 12.6. The molecule has 0 fully saturated rings. The first-order valence-electron chi connectivity index (χ1n) is 7.69. The molecular weight excluding hydrogens is 346 g/mol. The molecule has 0 saturated carbocycles.